The third kappa shape index (κ3) is 3.78. The van der Waals surface area contributed by atoms with E-state index in [0.717, 1.165) is 25.2 Å². The van der Waals surface area contributed by atoms with E-state index in [4.69, 9.17) is 4.74 Å². The number of methoxy groups -OCH3 is 1. The summed E-state index contributed by atoms with van der Waals surface area (Å²) in [5.41, 5.74) is 1.78. The van der Waals surface area contributed by atoms with Crippen LogP contribution in [0.25, 0.3) is 0 Å². The van der Waals surface area contributed by atoms with Crippen molar-refractivity contribution in [2.75, 3.05) is 27.2 Å². The second-order valence-corrected chi connectivity index (χ2v) is 5.09. The average Bonchev–Trinajstić information content (AvgIpc) is 2.47. The average molecular weight is 262 g/mol. The summed E-state index contributed by atoms with van der Waals surface area (Å²) in [6, 6.07) is 8.31. The van der Waals surface area contributed by atoms with E-state index >= 15 is 0 Å². The molecule has 0 aliphatic carbocycles. The lowest BCUT2D eigenvalue weighted by Crippen LogP contribution is -2.40. The molecule has 0 amide bonds. The Bertz CT molecular complexity index is 428. The molecular formula is C15H22N2O2. The van der Waals surface area contributed by atoms with Crippen molar-refractivity contribution in [2.45, 2.75) is 25.4 Å². The molecule has 4 nitrogen and oxygen atoms in total. The minimum atomic E-state index is -0.272. The van der Waals surface area contributed by atoms with Crippen LogP contribution in [0.15, 0.2) is 24.3 Å². The van der Waals surface area contributed by atoms with Crippen molar-refractivity contribution in [3.8, 4) is 0 Å². The second kappa shape index (κ2) is 6.68. The number of nitrogens with zero attached hydrogens (tertiary/aromatic N) is 1. The zero-order chi connectivity index (χ0) is 13.7. The lowest BCUT2D eigenvalue weighted by molar-refractivity contribution is 0.0600. The van der Waals surface area contributed by atoms with Gasteiger partial charge in [-0.1, -0.05) is 12.1 Å². The highest BCUT2D eigenvalue weighted by molar-refractivity contribution is 5.89. The minimum absolute atomic E-state index is 0.272. The fourth-order valence-corrected chi connectivity index (χ4v) is 2.58. The van der Waals surface area contributed by atoms with Gasteiger partial charge in [0, 0.05) is 12.6 Å². The lowest BCUT2D eigenvalue weighted by Gasteiger charge is -2.31. The summed E-state index contributed by atoms with van der Waals surface area (Å²) >= 11 is 0. The maximum Gasteiger partial charge on any atom is 0.337 e. The van der Waals surface area contributed by atoms with E-state index in [9.17, 15) is 4.79 Å². The normalized spacial score (nSPS) is 16.6. The topological polar surface area (TPSA) is 41.6 Å². The maximum atomic E-state index is 11.5. The van der Waals surface area contributed by atoms with Crippen LogP contribution in [-0.4, -0.2) is 44.2 Å². The molecule has 1 heterocycles. The highest BCUT2D eigenvalue weighted by Gasteiger charge is 2.18. The fourth-order valence-electron chi connectivity index (χ4n) is 2.58. The molecule has 0 unspecified atom stereocenters. The van der Waals surface area contributed by atoms with Crippen molar-refractivity contribution < 1.29 is 9.53 Å². The van der Waals surface area contributed by atoms with Gasteiger partial charge in [0.05, 0.1) is 12.7 Å². The largest absolute Gasteiger partial charge is 0.465 e. The van der Waals surface area contributed by atoms with Gasteiger partial charge in [0.1, 0.15) is 0 Å². The smallest absolute Gasteiger partial charge is 0.337 e. The summed E-state index contributed by atoms with van der Waals surface area (Å²) in [6.45, 7) is 3.06. The van der Waals surface area contributed by atoms with Crippen LogP contribution >= 0.6 is 0 Å². The number of rotatable bonds is 4. The van der Waals surface area contributed by atoms with Gasteiger partial charge in [0.25, 0.3) is 0 Å². The first-order valence-corrected chi connectivity index (χ1v) is 6.79. The molecule has 4 heteroatoms. The third-order valence-corrected chi connectivity index (χ3v) is 3.71. The number of benzene rings is 1. The van der Waals surface area contributed by atoms with Gasteiger partial charge in [-0.3, -0.25) is 4.90 Å². The Morgan fingerprint density at radius 3 is 2.84 bits per heavy atom. The minimum Gasteiger partial charge on any atom is -0.465 e. The molecule has 0 radical (unpaired) electrons. The number of esters is 1. The van der Waals surface area contributed by atoms with Crippen molar-refractivity contribution in [1.29, 1.82) is 0 Å². The van der Waals surface area contributed by atoms with Gasteiger partial charge < -0.3 is 10.1 Å². The molecule has 0 saturated carbocycles. The molecule has 0 atom stereocenters. The van der Waals surface area contributed by atoms with E-state index in [2.05, 4.69) is 23.3 Å². The van der Waals surface area contributed by atoms with E-state index < -0.39 is 0 Å². The van der Waals surface area contributed by atoms with Crippen LogP contribution in [0.4, 0.5) is 0 Å². The monoisotopic (exact) mass is 262 g/mol. The second-order valence-electron chi connectivity index (χ2n) is 5.09. The Morgan fingerprint density at radius 2 is 2.16 bits per heavy atom. The predicted octanol–water partition coefficient (Wildman–Crippen LogP) is 1.66. The number of hydrogen-bond acceptors (Lipinski definition) is 4. The standard InChI is InChI=1S/C15H22N2O2/c1-17(14-6-8-16-9-7-14)11-12-4-3-5-13(10-12)15(18)19-2/h3-5,10,14,16H,6-9,11H2,1-2H3. The highest BCUT2D eigenvalue weighted by atomic mass is 16.5. The summed E-state index contributed by atoms with van der Waals surface area (Å²) in [6.07, 6.45) is 2.38. The van der Waals surface area contributed by atoms with Gasteiger partial charge in [-0.2, -0.15) is 0 Å². The van der Waals surface area contributed by atoms with Crippen molar-refractivity contribution >= 4 is 5.97 Å². The van der Waals surface area contributed by atoms with Gasteiger partial charge >= 0.3 is 5.97 Å². The van der Waals surface area contributed by atoms with E-state index in [0.29, 0.717) is 11.6 Å². The Morgan fingerprint density at radius 1 is 1.42 bits per heavy atom. The van der Waals surface area contributed by atoms with Crippen LogP contribution in [0.3, 0.4) is 0 Å². The molecule has 2 rings (SSSR count). The first-order chi connectivity index (χ1) is 9.20. The van der Waals surface area contributed by atoms with E-state index in [-0.39, 0.29) is 5.97 Å². The summed E-state index contributed by atoms with van der Waals surface area (Å²) in [7, 11) is 3.57. The van der Waals surface area contributed by atoms with Crippen LogP contribution in [0.5, 0.6) is 0 Å². The number of carbonyl (C=O) groups excluding carboxylic acids is 1. The molecule has 1 aromatic carbocycles. The van der Waals surface area contributed by atoms with E-state index in [1.54, 1.807) is 6.07 Å². The van der Waals surface area contributed by atoms with Crippen molar-refractivity contribution in [2.24, 2.45) is 0 Å². The molecule has 104 valence electrons. The third-order valence-electron chi connectivity index (χ3n) is 3.71. The summed E-state index contributed by atoms with van der Waals surface area (Å²) in [4.78, 5) is 13.9. The van der Waals surface area contributed by atoms with Crippen molar-refractivity contribution in [1.82, 2.24) is 10.2 Å². The van der Waals surface area contributed by atoms with Gasteiger partial charge in [-0.25, -0.2) is 4.79 Å². The van der Waals surface area contributed by atoms with Gasteiger partial charge in [-0.15, -0.1) is 0 Å². The van der Waals surface area contributed by atoms with Gasteiger partial charge in [-0.05, 0) is 50.7 Å². The Hall–Kier alpha value is -1.39. The maximum absolute atomic E-state index is 11.5. The number of carbonyl (C=O) groups is 1. The zero-order valence-corrected chi connectivity index (χ0v) is 11.7. The van der Waals surface area contributed by atoms with Crippen LogP contribution in [0, 0.1) is 0 Å². The first-order valence-electron chi connectivity index (χ1n) is 6.79. The number of nitrogens with one attached hydrogen (secondary N) is 1. The van der Waals surface area contributed by atoms with Crippen LogP contribution in [0.1, 0.15) is 28.8 Å². The lowest BCUT2D eigenvalue weighted by atomic mass is 10.0. The van der Waals surface area contributed by atoms with Gasteiger partial charge in [0.2, 0.25) is 0 Å². The fraction of sp³-hybridized carbons (Fsp3) is 0.533. The number of ether oxygens (including phenoxy) is 1. The molecule has 1 fully saturated rings. The molecule has 0 aromatic heterocycles. The van der Waals surface area contributed by atoms with Crippen LogP contribution < -0.4 is 5.32 Å². The summed E-state index contributed by atoms with van der Waals surface area (Å²) in [5, 5.41) is 3.38. The van der Waals surface area contributed by atoms with Crippen LogP contribution in [0.2, 0.25) is 0 Å². The summed E-state index contributed by atoms with van der Waals surface area (Å²) < 4.78 is 4.75. The first kappa shape index (κ1) is 14.0. The molecule has 0 bridgehead atoms. The molecule has 0 spiro atoms. The Labute approximate surface area is 114 Å². The zero-order valence-electron chi connectivity index (χ0n) is 11.7. The van der Waals surface area contributed by atoms with E-state index in [1.807, 2.05) is 12.1 Å². The Kier molecular flexibility index (Phi) is 4.93. The quantitative estimate of drug-likeness (QED) is 0.838. The van der Waals surface area contributed by atoms with Gasteiger partial charge in [0.15, 0.2) is 0 Å². The molecular weight excluding hydrogens is 240 g/mol. The molecule has 1 saturated heterocycles. The highest BCUT2D eigenvalue weighted by Crippen LogP contribution is 2.15. The van der Waals surface area contributed by atoms with E-state index in [1.165, 1.54) is 20.0 Å². The molecule has 1 N–H and O–H groups in total. The molecule has 1 aromatic rings. The van der Waals surface area contributed by atoms with Crippen molar-refractivity contribution in [3.63, 3.8) is 0 Å². The predicted molar refractivity (Wildman–Crippen MR) is 75.1 cm³/mol. The van der Waals surface area contributed by atoms with Crippen molar-refractivity contribution in [3.05, 3.63) is 35.4 Å². The van der Waals surface area contributed by atoms with Crippen LogP contribution in [-0.2, 0) is 11.3 Å². The SMILES string of the molecule is COC(=O)c1cccc(CN(C)C2CCNCC2)c1. The Balaban J connectivity index is 1.99. The number of hydrogen-bond donors (Lipinski definition) is 1. The molecule has 19 heavy (non-hydrogen) atoms. The summed E-state index contributed by atoms with van der Waals surface area (Å²) in [5.74, 6) is -0.272. The number of piperidine rings is 1. The molecule has 1 aliphatic heterocycles. The molecule has 1 aliphatic rings.